The third-order valence-corrected chi connectivity index (χ3v) is 4.54. The number of rotatable bonds is 6. The summed E-state index contributed by atoms with van der Waals surface area (Å²) in [6.45, 7) is 0.197. The molecule has 3 rings (SSSR count). The fourth-order valence-corrected chi connectivity index (χ4v) is 3.21. The van der Waals surface area contributed by atoms with Gasteiger partial charge >= 0.3 is 0 Å². The lowest BCUT2D eigenvalue weighted by molar-refractivity contribution is -0.121. The van der Waals surface area contributed by atoms with Gasteiger partial charge in [-0.05, 0) is 30.2 Å². The summed E-state index contributed by atoms with van der Waals surface area (Å²) in [5, 5.41) is 14.9. The van der Waals surface area contributed by atoms with E-state index in [0.717, 1.165) is 22.0 Å². The number of hydrogen-bond acceptors (Lipinski definition) is 2. The van der Waals surface area contributed by atoms with Crippen molar-refractivity contribution < 1.29 is 9.90 Å². The van der Waals surface area contributed by atoms with E-state index in [9.17, 15) is 9.90 Å². The monoisotopic (exact) mass is 356 g/mol. The average molecular weight is 357 g/mol. The van der Waals surface area contributed by atoms with Crippen LogP contribution in [0.2, 0.25) is 5.02 Å². The molecular weight excluding hydrogens is 336 g/mol. The zero-order valence-electron chi connectivity index (χ0n) is 14.1. The topological polar surface area (TPSA) is 54.3 Å². The Morgan fingerprint density at radius 2 is 2.04 bits per heavy atom. The zero-order chi connectivity index (χ0) is 17.8. The minimum absolute atomic E-state index is 0.0840. The molecule has 0 bridgehead atoms. The summed E-state index contributed by atoms with van der Waals surface area (Å²) in [6.07, 6.45) is 2.16. The van der Waals surface area contributed by atoms with Gasteiger partial charge in [-0.1, -0.05) is 41.9 Å². The number of aliphatic hydroxyl groups is 1. The number of aliphatic hydroxyl groups excluding tert-OH is 1. The van der Waals surface area contributed by atoms with Gasteiger partial charge in [0.1, 0.15) is 0 Å². The summed E-state index contributed by atoms with van der Waals surface area (Å²) in [5.41, 5.74) is 2.91. The fraction of sp³-hybridized carbons (Fsp3) is 0.250. The summed E-state index contributed by atoms with van der Waals surface area (Å²) in [4.78, 5) is 12.0. The van der Waals surface area contributed by atoms with E-state index >= 15 is 0 Å². The van der Waals surface area contributed by atoms with Gasteiger partial charge in [-0.25, -0.2) is 0 Å². The largest absolute Gasteiger partial charge is 0.386 e. The molecule has 4 nitrogen and oxygen atoms in total. The number of nitrogens with zero attached hydrogens (tertiary/aromatic N) is 1. The molecule has 0 radical (unpaired) electrons. The molecule has 25 heavy (non-hydrogen) atoms. The summed E-state index contributed by atoms with van der Waals surface area (Å²) in [6, 6.07) is 15.4. The quantitative estimate of drug-likeness (QED) is 0.708. The normalized spacial score (nSPS) is 12.3. The van der Waals surface area contributed by atoms with Gasteiger partial charge in [-0.3, -0.25) is 4.79 Å². The van der Waals surface area contributed by atoms with E-state index in [2.05, 4.69) is 5.32 Å². The van der Waals surface area contributed by atoms with Crippen LogP contribution in [-0.2, 0) is 18.3 Å². The smallest absolute Gasteiger partial charge is 0.220 e. The van der Waals surface area contributed by atoms with Crippen LogP contribution in [-0.4, -0.2) is 22.1 Å². The maximum absolute atomic E-state index is 12.0. The van der Waals surface area contributed by atoms with Crippen molar-refractivity contribution in [3.8, 4) is 0 Å². The highest BCUT2D eigenvalue weighted by molar-refractivity contribution is 6.30. The summed E-state index contributed by atoms with van der Waals surface area (Å²) in [5.74, 6) is -0.0840. The Morgan fingerprint density at radius 3 is 2.84 bits per heavy atom. The van der Waals surface area contributed by atoms with Crippen molar-refractivity contribution in [3.05, 3.63) is 70.9 Å². The van der Waals surface area contributed by atoms with E-state index in [1.165, 1.54) is 0 Å². The van der Waals surface area contributed by atoms with Gasteiger partial charge in [0.2, 0.25) is 5.91 Å². The molecule has 0 aliphatic rings. The maximum atomic E-state index is 12.0. The molecule has 1 aromatic heterocycles. The van der Waals surface area contributed by atoms with Crippen molar-refractivity contribution in [2.24, 2.45) is 7.05 Å². The Bertz CT molecular complexity index is 888. The summed E-state index contributed by atoms with van der Waals surface area (Å²) >= 11 is 5.94. The average Bonchev–Trinajstić information content (AvgIpc) is 2.95. The Labute approximate surface area is 152 Å². The first-order chi connectivity index (χ1) is 12.0. The van der Waals surface area contributed by atoms with Crippen molar-refractivity contribution in [2.45, 2.75) is 18.9 Å². The fourth-order valence-electron chi connectivity index (χ4n) is 3.00. The van der Waals surface area contributed by atoms with Crippen LogP contribution in [0.15, 0.2) is 54.7 Å². The molecule has 0 fully saturated rings. The summed E-state index contributed by atoms with van der Waals surface area (Å²) in [7, 11) is 1.95. The first-order valence-corrected chi connectivity index (χ1v) is 8.65. The highest BCUT2D eigenvalue weighted by Crippen LogP contribution is 2.25. The van der Waals surface area contributed by atoms with Crippen LogP contribution in [0.1, 0.15) is 23.7 Å². The molecule has 5 heteroatoms. The predicted molar refractivity (Wildman–Crippen MR) is 101 cm³/mol. The Kier molecular flexibility index (Phi) is 5.41. The van der Waals surface area contributed by atoms with Crippen molar-refractivity contribution in [1.82, 2.24) is 9.88 Å². The van der Waals surface area contributed by atoms with Gasteiger partial charge in [0, 0.05) is 47.7 Å². The lowest BCUT2D eigenvalue weighted by atomic mass is 10.1. The van der Waals surface area contributed by atoms with Gasteiger partial charge in [0.15, 0.2) is 0 Å². The summed E-state index contributed by atoms with van der Waals surface area (Å²) < 4.78 is 1.98. The van der Waals surface area contributed by atoms with Gasteiger partial charge < -0.3 is 15.0 Å². The Balaban J connectivity index is 1.56. The number of benzene rings is 2. The number of halogens is 1. The van der Waals surface area contributed by atoms with Crippen LogP contribution < -0.4 is 5.32 Å². The van der Waals surface area contributed by atoms with Crippen LogP contribution >= 0.6 is 11.6 Å². The van der Waals surface area contributed by atoms with Crippen LogP contribution in [0.25, 0.3) is 10.9 Å². The third kappa shape index (κ3) is 4.21. The van der Waals surface area contributed by atoms with Crippen LogP contribution in [0.4, 0.5) is 0 Å². The number of carbonyl (C=O) groups is 1. The molecule has 0 saturated carbocycles. The van der Waals surface area contributed by atoms with E-state index in [-0.39, 0.29) is 12.5 Å². The number of para-hydroxylation sites is 1. The molecule has 130 valence electrons. The Hall–Kier alpha value is -2.30. The third-order valence-electron chi connectivity index (χ3n) is 4.31. The molecule has 0 aliphatic carbocycles. The number of nitrogens with one attached hydrogen (secondary N) is 1. The lowest BCUT2D eigenvalue weighted by Crippen LogP contribution is -2.28. The van der Waals surface area contributed by atoms with Crippen molar-refractivity contribution in [2.75, 3.05) is 6.54 Å². The molecule has 1 amide bonds. The molecule has 2 N–H and O–H groups in total. The minimum atomic E-state index is -0.735. The van der Waals surface area contributed by atoms with Gasteiger partial charge in [-0.2, -0.15) is 0 Å². The number of hydrogen-bond donors (Lipinski definition) is 2. The van der Waals surface area contributed by atoms with E-state index in [0.29, 0.717) is 17.9 Å². The Morgan fingerprint density at radius 1 is 1.24 bits per heavy atom. The molecular formula is C20H21ClN2O2. The van der Waals surface area contributed by atoms with Crippen molar-refractivity contribution in [1.29, 1.82) is 0 Å². The highest BCUT2D eigenvalue weighted by Gasteiger charge is 2.15. The predicted octanol–water partition coefficient (Wildman–Crippen LogP) is 3.61. The molecule has 1 heterocycles. The van der Waals surface area contributed by atoms with Crippen LogP contribution in [0, 0.1) is 0 Å². The van der Waals surface area contributed by atoms with E-state index in [1.54, 1.807) is 0 Å². The first kappa shape index (κ1) is 17.5. The minimum Gasteiger partial charge on any atom is -0.386 e. The molecule has 0 spiro atoms. The van der Waals surface area contributed by atoms with E-state index in [4.69, 9.17) is 11.6 Å². The molecule has 1 atom stereocenters. The number of carbonyl (C=O) groups excluding carboxylic acids is 1. The van der Waals surface area contributed by atoms with E-state index < -0.39 is 6.10 Å². The standard InChI is InChI=1S/C20H21ClN2O2/c1-23-13-17(16-7-2-3-8-18(16)23)19(24)12-22-20(25)10-9-14-5-4-6-15(21)11-14/h2-8,11,13,19,24H,9-10,12H2,1H3,(H,22,25)/t19-/m0/s1. The number of aromatic nitrogens is 1. The van der Waals surface area contributed by atoms with E-state index in [1.807, 2.05) is 66.3 Å². The van der Waals surface area contributed by atoms with Crippen molar-refractivity contribution in [3.63, 3.8) is 0 Å². The van der Waals surface area contributed by atoms with Crippen molar-refractivity contribution >= 4 is 28.4 Å². The second-order valence-electron chi connectivity index (χ2n) is 6.16. The first-order valence-electron chi connectivity index (χ1n) is 8.28. The molecule has 0 unspecified atom stereocenters. The van der Waals surface area contributed by atoms with Crippen LogP contribution in [0.3, 0.4) is 0 Å². The van der Waals surface area contributed by atoms with Crippen LogP contribution in [0.5, 0.6) is 0 Å². The van der Waals surface area contributed by atoms with Gasteiger partial charge in [0.05, 0.1) is 6.10 Å². The lowest BCUT2D eigenvalue weighted by Gasteiger charge is -2.11. The van der Waals surface area contributed by atoms with Gasteiger partial charge in [0.25, 0.3) is 0 Å². The molecule has 0 saturated heterocycles. The number of amides is 1. The SMILES string of the molecule is Cn1cc([C@@H](O)CNC(=O)CCc2cccc(Cl)c2)c2ccccc21. The molecule has 0 aliphatic heterocycles. The highest BCUT2D eigenvalue weighted by atomic mass is 35.5. The molecule has 2 aromatic carbocycles. The zero-order valence-corrected chi connectivity index (χ0v) is 14.8. The number of aryl methyl sites for hydroxylation is 2. The maximum Gasteiger partial charge on any atom is 0.220 e. The number of fused-ring (bicyclic) bond motifs is 1. The second kappa shape index (κ2) is 7.72. The molecule has 3 aromatic rings. The van der Waals surface area contributed by atoms with Gasteiger partial charge in [-0.15, -0.1) is 0 Å². The second-order valence-corrected chi connectivity index (χ2v) is 6.60.